The molecule has 2 aliphatic heterocycles. The molecule has 0 aromatic heterocycles. The number of nitrogens with zero attached hydrogens (tertiary/aromatic N) is 1. The Kier molecular flexibility index (Phi) is 4.62. The van der Waals surface area contributed by atoms with Gasteiger partial charge in [0.05, 0.1) is 6.61 Å². The Hall–Kier alpha value is -0.120. The second kappa shape index (κ2) is 5.99. The molecule has 3 heteroatoms. The van der Waals surface area contributed by atoms with Crippen molar-refractivity contribution in [2.45, 2.75) is 45.2 Å². The molecule has 0 radical (unpaired) electrons. The molecular formula is C13H26N2O. The summed E-state index contributed by atoms with van der Waals surface area (Å²) >= 11 is 0. The molecule has 0 saturated carbocycles. The summed E-state index contributed by atoms with van der Waals surface area (Å²) in [7, 11) is 0. The second-order valence-corrected chi connectivity index (χ2v) is 5.27. The molecule has 16 heavy (non-hydrogen) atoms. The summed E-state index contributed by atoms with van der Waals surface area (Å²) in [5, 5.41) is 3.65. The van der Waals surface area contributed by atoms with E-state index in [2.05, 4.69) is 24.1 Å². The molecule has 3 unspecified atom stereocenters. The molecule has 1 N–H and O–H groups in total. The molecule has 0 spiro atoms. The lowest BCUT2D eigenvalue weighted by Crippen LogP contribution is -2.46. The first-order valence-corrected chi connectivity index (χ1v) is 6.86. The van der Waals surface area contributed by atoms with Crippen LogP contribution in [0.5, 0.6) is 0 Å². The number of nitrogens with one attached hydrogen (secondary N) is 1. The fourth-order valence-corrected chi connectivity index (χ4v) is 3.03. The number of ether oxygens (including phenoxy) is 1. The predicted octanol–water partition coefficient (Wildman–Crippen LogP) is 1.49. The van der Waals surface area contributed by atoms with Gasteiger partial charge in [0.15, 0.2) is 0 Å². The maximum atomic E-state index is 5.52. The minimum absolute atomic E-state index is 0.632. The van der Waals surface area contributed by atoms with Crippen LogP contribution in [-0.4, -0.2) is 49.8 Å². The van der Waals surface area contributed by atoms with E-state index in [0.29, 0.717) is 6.04 Å². The van der Waals surface area contributed by atoms with Gasteiger partial charge in [0.2, 0.25) is 0 Å². The fourth-order valence-electron chi connectivity index (χ4n) is 3.03. The third kappa shape index (κ3) is 2.96. The van der Waals surface area contributed by atoms with Gasteiger partial charge in [-0.15, -0.1) is 0 Å². The van der Waals surface area contributed by atoms with Crippen LogP contribution < -0.4 is 5.32 Å². The number of hydrogen-bond donors (Lipinski definition) is 1. The number of likely N-dealkylation sites (tertiary alicyclic amines) is 1. The quantitative estimate of drug-likeness (QED) is 0.768. The van der Waals surface area contributed by atoms with Crippen LogP contribution in [0.1, 0.15) is 33.1 Å². The third-order valence-electron chi connectivity index (χ3n) is 4.12. The summed E-state index contributed by atoms with van der Waals surface area (Å²) in [5.74, 6) is 0.729. The van der Waals surface area contributed by atoms with Crippen LogP contribution in [0, 0.1) is 5.92 Å². The van der Waals surface area contributed by atoms with Crippen molar-refractivity contribution in [1.29, 1.82) is 0 Å². The molecule has 0 amide bonds. The van der Waals surface area contributed by atoms with E-state index in [9.17, 15) is 0 Å². The Morgan fingerprint density at radius 3 is 2.88 bits per heavy atom. The van der Waals surface area contributed by atoms with Gasteiger partial charge in [0.25, 0.3) is 0 Å². The molecule has 2 rings (SSSR count). The zero-order valence-corrected chi connectivity index (χ0v) is 10.7. The van der Waals surface area contributed by atoms with Gasteiger partial charge in [0, 0.05) is 31.2 Å². The van der Waals surface area contributed by atoms with Gasteiger partial charge in [-0.25, -0.2) is 0 Å². The lowest BCUT2D eigenvalue weighted by atomic mass is 9.98. The van der Waals surface area contributed by atoms with Crippen molar-refractivity contribution in [2.75, 3.05) is 32.8 Å². The zero-order chi connectivity index (χ0) is 11.4. The standard InChI is InChI=1S/C13H26N2O/c1-3-14-13(12-6-8-16-10-12)9-15-7-4-5-11(15)2/h11-14H,3-10H2,1-2H3. The van der Waals surface area contributed by atoms with Crippen LogP contribution in [0.2, 0.25) is 0 Å². The minimum Gasteiger partial charge on any atom is -0.381 e. The van der Waals surface area contributed by atoms with E-state index in [4.69, 9.17) is 4.74 Å². The summed E-state index contributed by atoms with van der Waals surface area (Å²) < 4.78 is 5.52. The van der Waals surface area contributed by atoms with Crippen molar-refractivity contribution in [2.24, 2.45) is 5.92 Å². The van der Waals surface area contributed by atoms with Gasteiger partial charge >= 0.3 is 0 Å². The van der Waals surface area contributed by atoms with Crippen molar-refractivity contribution in [3.63, 3.8) is 0 Å². The second-order valence-electron chi connectivity index (χ2n) is 5.27. The van der Waals surface area contributed by atoms with Crippen molar-refractivity contribution < 1.29 is 4.74 Å². The SMILES string of the molecule is CCNC(CN1CCCC1C)C1CCOC1. The summed E-state index contributed by atoms with van der Waals surface area (Å²) in [6, 6.07) is 1.41. The first-order chi connectivity index (χ1) is 7.81. The first-order valence-electron chi connectivity index (χ1n) is 6.86. The average Bonchev–Trinajstić information content (AvgIpc) is 2.90. The van der Waals surface area contributed by atoms with Crippen LogP contribution in [0.25, 0.3) is 0 Å². The van der Waals surface area contributed by atoms with Gasteiger partial charge in [-0.3, -0.25) is 4.90 Å². The monoisotopic (exact) mass is 226 g/mol. The summed E-state index contributed by atoms with van der Waals surface area (Å²) in [5.41, 5.74) is 0. The Morgan fingerprint density at radius 2 is 2.31 bits per heavy atom. The molecule has 2 aliphatic rings. The molecule has 3 atom stereocenters. The van der Waals surface area contributed by atoms with Crippen LogP contribution in [0.4, 0.5) is 0 Å². The Bertz CT molecular complexity index is 204. The molecule has 0 aromatic carbocycles. The first kappa shape index (κ1) is 12.3. The normalized spacial score (nSPS) is 33.4. The zero-order valence-electron chi connectivity index (χ0n) is 10.7. The van der Waals surface area contributed by atoms with E-state index in [1.54, 1.807) is 0 Å². The van der Waals surface area contributed by atoms with Crippen LogP contribution in [-0.2, 0) is 4.74 Å². The van der Waals surface area contributed by atoms with Crippen molar-refractivity contribution in [3.05, 3.63) is 0 Å². The molecule has 2 heterocycles. The molecule has 2 saturated heterocycles. The number of hydrogen-bond acceptors (Lipinski definition) is 3. The minimum atomic E-state index is 0.632. The van der Waals surface area contributed by atoms with Crippen molar-refractivity contribution in [1.82, 2.24) is 10.2 Å². The molecule has 94 valence electrons. The van der Waals surface area contributed by atoms with E-state index >= 15 is 0 Å². The summed E-state index contributed by atoms with van der Waals surface area (Å²) in [6.07, 6.45) is 3.99. The van der Waals surface area contributed by atoms with Crippen LogP contribution in [0.15, 0.2) is 0 Å². The molecule has 0 aliphatic carbocycles. The van der Waals surface area contributed by atoms with Gasteiger partial charge in [-0.2, -0.15) is 0 Å². The highest BCUT2D eigenvalue weighted by Crippen LogP contribution is 2.22. The summed E-state index contributed by atoms with van der Waals surface area (Å²) in [6.45, 7) is 10.1. The number of rotatable bonds is 5. The van der Waals surface area contributed by atoms with Crippen LogP contribution >= 0.6 is 0 Å². The van der Waals surface area contributed by atoms with Gasteiger partial charge in [0.1, 0.15) is 0 Å². The fraction of sp³-hybridized carbons (Fsp3) is 1.00. The highest BCUT2D eigenvalue weighted by Gasteiger charge is 2.29. The van der Waals surface area contributed by atoms with Gasteiger partial charge < -0.3 is 10.1 Å². The van der Waals surface area contributed by atoms with E-state index in [0.717, 1.165) is 31.7 Å². The maximum Gasteiger partial charge on any atom is 0.0510 e. The average molecular weight is 226 g/mol. The van der Waals surface area contributed by atoms with E-state index in [1.807, 2.05) is 0 Å². The van der Waals surface area contributed by atoms with Gasteiger partial charge in [-0.05, 0) is 39.3 Å². The molecule has 0 aromatic rings. The lowest BCUT2D eigenvalue weighted by molar-refractivity contribution is 0.159. The smallest absolute Gasteiger partial charge is 0.0510 e. The van der Waals surface area contributed by atoms with Crippen LogP contribution in [0.3, 0.4) is 0 Å². The van der Waals surface area contributed by atoms with E-state index < -0.39 is 0 Å². The highest BCUT2D eigenvalue weighted by atomic mass is 16.5. The highest BCUT2D eigenvalue weighted by molar-refractivity contribution is 4.85. The largest absolute Gasteiger partial charge is 0.381 e. The molecular weight excluding hydrogens is 200 g/mol. The van der Waals surface area contributed by atoms with Crippen molar-refractivity contribution in [3.8, 4) is 0 Å². The topological polar surface area (TPSA) is 24.5 Å². The molecule has 3 nitrogen and oxygen atoms in total. The Morgan fingerprint density at radius 1 is 1.44 bits per heavy atom. The molecule has 2 fully saturated rings. The maximum absolute atomic E-state index is 5.52. The summed E-state index contributed by atoms with van der Waals surface area (Å²) in [4.78, 5) is 2.64. The van der Waals surface area contributed by atoms with Crippen molar-refractivity contribution >= 4 is 0 Å². The predicted molar refractivity (Wildman–Crippen MR) is 66.7 cm³/mol. The third-order valence-corrected chi connectivity index (χ3v) is 4.12. The lowest BCUT2D eigenvalue weighted by Gasteiger charge is -2.30. The van der Waals surface area contributed by atoms with E-state index in [-0.39, 0.29) is 0 Å². The van der Waals surface area contributed by atoms with Gasteiger partial charge in [-0.1, -0.05) is 6.92 Å². The van der Waals surface area contributed by atoms with E-state index in [1.165, 1.54) is 32.4 Å². The Labute approximate surface area is 99.5 Å². The number of likely N-dealkylation sites (N-methyl/N-ethyl adjacent to an activating group) is 1. The molecule has 0 bridgehead atoms. The Balaban J connectivity index is 1.85.